The third-order valence-electron chi connectivity index (χ3n) is 2.18. The summed E-state index contributed by atoms with van der Waals surface area (Å²) in [6, 6.07) is 0. The van der Waals surface area contributed by atoms with Gasteiger partial charge in [0.05, 0.1) is 11.3 Å². The van der Waals surface area contributed by atoms with Crippen molar-refractivity contribution in [3.63, 3.8) is 0 Å². The first-order chi connectivity index (χ1) is 7.34. The lowest BCUT2D eigenvalue weighted by Gasteiger charge is -1.98. The van der Waals surface area contributed by atoms with Gasteiger partial charge in [0.2, 0.25) is 0 Å². The second-order valence-corrected chi connectivity index (χ2v) is 3.37. The summed E-state index contributed by atoms with van der Waals surface area (Å²) in [5, 5.41) is 7.36. The van der Waals surface area contributed by atoms with Gasteiger partial charge in [-0.15, -0.1) is 0 Å². The molecule has 0 bridgehead atoms. The van der Waals surface area contributed by atoms with E-state index >= 15 is 0 Å². The molecule has 2 aliphatic carbocycles. The molecule has 2 aliphatic rings. The highest BCUT2D eigenvalue weighted by atomic mass is 14.4. The van der Waals surface area contributed by atoms with Gasteiger partial charge in [0.15, 0.2) is 0 Å². The van der Waals surface area contributed by atoms with Crippen molar-refractivity contribution in [1.29, 1.82) is 5.41 Å². The molecular weight excluding hydrogens is 182 g/mol. The van der Waals surface area contributed by atoms with E-state index in [9.17, 15) is 0 Å². The molecule has 0 saturated carbocycles. The standard InChI is InChI=1S/C14H12N/c15-14-10-8-13(9-11-14)7-6-12-4-2-1-3-5-12/h1-11,15H/q+1. The van der Waals surface area contributed by atoms with Crippen molar-refractivity contribution < 1.29 is 0 Å². The van der Waals surface area contributed by atoms with Crippen LogP contribution in [0.1, 0.15) is 0 Å². The predicted octanol–water partition coefficient (Wildman–Crippen LogP) is 3.32. The van der Waals surface area contributed by atoms with Gasteiger partial charge in [-0.05, 0) is 23.8 Å². The Morgan fingerprint density at radius 2 is 1.73 bits per heavy atom. The van der Waals surface area contributed by atoms with Gasteiger partial charge in [0.1, 0.15) is 0 Å². The topological polar surface area (TPSA) is 23.9 Å². The Labute approximate surface area is 90.0 Å². The number of allylic oxidation sites excluding steroid dienone is 12. The highest BCUT2D eigenvalue weighted by Crippen LogP contribution is 2.11. The van der Waals surface area contributed by atoms with Crippen LogP contribution in [0.2, 0.25) is 0 Å². The van der Waals surface area contributed by atoms with Crippen molar-refractivity contribution >= 4 is 5.71 Å². The van der Waals surface area contributed by atoms with Crippen molar-refractivity contribution in [3.05, 3.63) is 78.3 Å². The van der Waals surface area contributed by atoms with Gasteiger partial charge in [-0.25, -0.2) is 0 Å². The van der Waals surface area contributed by atoms with Crippen LogP contribution in [0.25, 0.3) is 0 Å². The first kappa shape index (κ1) is 9.53. The van der Waals surface area contributed by atoms with Crippen LogP contribution in [0.15, 0.2) is 71.9 Å². The molecule has 0 fully saturated rings. The van der Waals surface area contributed by atoms with E-state index in [2.05, 4.69) is 24.6 Å². The fourth-order valence-corrected chi connectivity index (χ4v) is 1.35. The Morgan fingerprint density at radius 3 is 2.40 bits per heavy atom. The monoisotopic (exact) mass is 194 g/mol. The minimum atomic E-state index is 0.548. The SMILES string of the molecule is N=C1C=CC(=CC=C2C=CC=C[CH+]2)C=C1. The molecule has 0 aliphatic heterocycles. The summed E-state index contributed by atoms with van der Waals surface area (Å²) in [6.07, 6.45) is 21.8. The van der Waals surface area contributed by atoms with E-state index in [-0.39, 0.29) is 0 Å². The molecule has 0 aromatic rings. The van der Waals surface area contributed by atoms with Crippen LogP contribution in [-0.4, -0.2) is 5.71 Å². The zero-order valence-electron chi connectivity index (χ0n) is 8.35. The van der Waals surface area contributed by atoms with E-state index in [1.54, 1.807) is 12.2 Å². The van der Waals surface area contributed by atoms with Crippen molar-refractivity contribution in [2.45, 2.75) is 0 Å². The maximum Gasteiger partial charge on any atom is 0.0961 e. The van der Waals surface area contributed by atoms with E-state index in [0.717, 1.165) is 5.57 Å². The fourth-order valence-electron chi connectivity index (χ4n) is 1.35. The van der Waals surface area contributed by atoms with Gasteiger partial charge >= 0.3 is 0 Å². The Balaban J connectivity index is 2.09. The van der Waals surface area contributed by atoms with Crippen molar-refractivity contribution in [2.75, 3.05) is 0 Å². The summed E-state index contributed by atoms with van der Waals surface area (Å²) < 4.78 is 0. The summed E-state index contributed by atoms with van der Waals surface area (Å²) >= 11 is 0. The molecule has 15 heavy (non-hydrogen) atoms. The van der Waals surface area contributed by atoms with Crippen LogP contribution in [-0.2, 0) is 0 Å². The Hall–Kier alpha value is -2.02. The maximum atomic E-state index is 7.36. The molecule has 1 heteroatoms. The molecule has 1 nitrogen and oxygen atoms in total. The lowest BCUT2D eigenvalue weighted by Crippen LogP contribution is -1.90. The molecule has 0 aromatic heterocycles. The van der Waals surface area contributed by atoms with Gasteiger partial charge in [0.25, 0.3) is 0 Å². The van der Waals surface area contributed by atoms with Gasteiger partial charge in [-0.2, -0.15) is 0 Å². The number of rotatable bonds is 1. The zero-order chi connectivity index (χ0) is 10.5. The summed E-state index contributed by atoms with van der Waals surface area (Å²) in [7, 11) is 0. The Morgan fingerprint density at radius 1 is 0.933 bits per heavy atom. The normalized spacial score (nSPS) is 20.9. The Bertz CT molecular complexity index is 422. The second kappa shape index (κ2) is 4.47. The highest BCUT2D eigenvalue weighted by molar-refractivity contribution is 6.03. The van der Waals surface area contributed by atoms with Gasteiger partial charge in [-0.1, -0.05) is 12.2 Å². The van der Waals surface area contributed by atoms with Gasteiger partial charge in [0, 0.05) is 36.8 Å². The molecule has 1 N–H and O–H groups in total. The lowest BCUT2D eigenvalue weighted by atomic mass is 10.0. The maximum absolute atomic E-state index is 7.36. The highest BCUT2D eigenvalue weighted by Gasteiger charge is 2.00. The molecule has 2 rings (SSSR count). The molecule has 72 valence electrons. The molecule has 0 amide bonds. The molecule has 0 unspecified atom stereocenters. The molecule has 0 aromatic carbocycles. The molecule has 0 atom stereocenters. The average molecular weight is 194 g/mol. The van der Waals surface area contributed by atoms with E-state index in [4.69, 9.17) is 5.41 Å². The van der Waals surface area contributed by atoms with E-state index in [1.165, 1.54) is 5.57 Å². The van der Waals surface area contributed by atoms with Gasteiger partial charge in [-0.3, -0.25) is 0 Å². The predicted molar refractivity (Wildman–Crippen MR) is 64.8 cm³/mol. The molecule has 0 spiro atoms. The van der Waals surface area contributed by atoms with Crippen LogP contribution in [0.4, 0.5) is 0 Å². The summed E-state index contributed by atoms with van der Waals surface area (Å²) in [4.78, 5) is 0. The number of hydrogen-bond acceptors (Lipinski definition) is 1. The first-order valence-corrected chi connectivity index (χ1v) is 4.89. The smallest absolute Gasteiger partial charge is 0.0961 e. The van der Waals surface area contributed by atoms with Crippen molar-refractivity contribution in [1.82, 2.24) is 0 Å². The first-order valence-electron chi connectivity index (χ1n) is 4.89. The summed E-state index contributed by atoms with van der Waals surface area (Å²) in [6.45, 7) is 0. The Kier molecular flexibility index (Phi) is 2.84. The summed E-state index contributed by atoms with van der Waals surface area (Å²) in [5.74, 6) is 0. The average Bonchev–Trinajstić information content (AvgIpc) is 2.30. The fraction of sp³-hybridized carbons (Fsp3) is 0. The van der Waals surface area contributed by atoms with Crippen LogP contribution in [0.3, 0.4) is 0 Å². The molecule has 0 radical (unpaired) electrons. The quantitative estimate of drug-likeness (QED) is 0.619. The third kappa shape index (κ3) is 2.71. The lowest BCUT2D eigenvalue weighted by molar-refractivity contribution is 1.50. The molecule has 0 heterocycles. The zero-order valence-corrected chi connectivity index (χ0v) is 8.35. The van der Waals surface area contributed by atoms with Crippen molar-refractivity contribution in [3.8, 4) is 0 Å². The molecular formula is C14H12N+. The number of nitrogens with one attached hydrogen (secondary N) is 1. The third-order valence-corrected chi connectivity index (χ3v) is 2.18. The van der Waals surface area contributed by atoms with Gasteiger partial charge < -0.3 is 5.41 Å². The van der Waals surface area contributed by atoms with Crippen LogP contribution in [0.5, 0.6) is 0 Å². The number of hydrogen-bond donors (Lipinski definition) is 1. The largest absolute Gasteiger partial charge is 0.301 e. The van der Waals surface area contributed by atoms with E-state index in [1.807, 2.05) is 30.4 Å². The van der Waals surface area contributed by atoms with E-state index < -0.39 is 0 Å². The van der Waals surface area contributed by atoms with Crippen molar-refractivity contribution in [2.24, 2.45) is 0 Å². The summed E-state index contributed by atoms with van der Waals surface area (Å²) in [5.41, 5.74) is 2.86. The molecule has 0 saturated heterocycles. The van der Waals surface area contributed by atoms with E-state index in [0.29, 0.717) is 5.71 Å². The minimum Gasteiger partial charge on any atom is -0.301 e. The minimum absolute atomic E-state index is 0.548. The second-order valence-electron chi connectivity index (χ2n) is 3.37. The van der Waals surface area contributed by atoms with Crippen LogP contribution in [0, 0.1) is 11.8 Å². The van der Waals surface area contributed by atoms with Crippen LogP contribution < -0.4 is 0 Å². The van der Waals surface area contributed by atoms with Crippen LogP contribution >= 0.6 is 0 Å².